The molecule has 10 heteroatoms. The van der Waals surface area contributed by atoms with Gasteiger partial charge in [-0.15, -0.1) is 0 Å². The van der Waals surface area contributed by atoms with Crippen LogP contribution in [0.5, 0.6) is 0 Å². The topological polar surface area (TPSA) is 86.7 Å². The molecular formula is C3H4I2O6S2. The van der Waals surface area contributed by atoms with E-state index in [2.05, 4.69) is 8.37 Å². The van der Waals surface area contributed by atoms with Gasteiger partial charge in [0.1, 0.15) is 0 Å². The Balaban J connectivity index is 3.36. The minimum absolute atomic E-state index is 0.282. The van der Waals surface area contributed by atoms with Gasteiger partial charge in [0.2, 0.25) is 0 Å². The summed E-state index contributed by atoms with van der Waals surface area (Å²) in [6.45, 7) is -0.565. The molecule has 0 atom stereocenters. The van der Waals surface area contributed by atoms with Crippen molar-refractivity contribution in [1.82, 2.24) is 0 Å². The summed E-state index contributed by atoms with van der Waals surface area (Å²) in [6, 6.07) is 0. The van der Waals surface area contributed by atoms with Gasteiger partial charge in [-0.25, -0.2) is 0 Å². The fourth-order valence-electron chi connectivity index (χ4n) is 0.550. The van der Waals surface area contributed by atoms with Crippen LogP contribution in [-0.2, 0) is 28.6 Å². The van der Waals surface area contributed by atoms with Crippen LogP contribution in [0.25, 0.3) is 0 Å². The van der Waals surface area contributed by atoms with E-state index in [0.29, 0.717) is 0 Å². The average Bonchev–Trinajstić information content (AvgIpc) is 2.01. The lowest BCUT2D eigenvalue weighted by molar-refractivity contribution is 0.237. The minimum Gasteiger partial charge on any atom is -0.265 e. The Bertz CT molecular complexity index is 356. The third-order valence-corrected chi connectivity index (χ3v) is 11.0. The first-order valence-electron chi connectivity index (χ1n) is 2.86. The van der Waals surface area contributed by atoms with Crippen molar-refractivity contribution < 1.29 is 25.2 Å². The van der Waals surface area contributed by atoms with E-state index in [1.165, 1.54) is 45.2 Å². The Morgan fingerprint density at radius 1 is 0.923 bits per heavy atom. The molecule has 0 saturated carbocycles. The molecule has 1 heterocycles. The summed E-state index contributed by atoms with van der Waals surface area (Å²) in [5.41, 5.74) is 0. The van der Waals surface area contributed by atoms with Crippen LogP contribution < -0.4 is 0 Å². The number of rotatable bonds is 0. The van der Waals surface area contributed by atoms with Crippen molar-refractivity contribution >= 4 is 65.4 Å². The molecule has 0 aromatic heterocycles. The molecule has 1 rings (SSSR count). The molecule has 0 aromatic rings. The van der Waals surface area contributed by atoms with Crippen molar-refractivity contribution in [2.24, 2.45) is 0 Å². The Labute approximate surface area is 103 Å². The van der Waals surface area contributed by atoms with Crippen LogP contribution in [0.4, 0.5) is 0 Å². The zero-order chi connectivity index (χ0) is 10.3. The van der Waals surface area contributed by atoms with Crippen LogP contribution in [0.3, 0.4) is 0 Å². The van der Waals surface area contributed by atoms with Gasteiger partial charge in [0.15, 0.2) is 0 Å². The molecule has 1 aliphatic rings. The molecule has 6 nitrogen and oxygen atoms in total. The van der Waals surface area contributed by atoms with Crippen molar-refractivity contribution in [2.45, 2.75) is 0.0925 Å². The molecule has 0 bridgehead atoms. The molecule has 1 fully saturated rings. The lowest BCUT2D eigenvalue weighted by Gasteiger charge is -2.15. The van der Waals surface area contributed by atoms with Gasteiger partial charge >= 0.3 is 20.3 Å². The van der Waals surface area contributed by atoms with Gasteiger partial charge in [-0.3, -0.25) is 8.37 Å². The highest BCUT2D eigenvalue weighted by Crippen LogP contribution is 2.42. The Hall–Kier alpha value is 1.28. The Morgan fingerprint density at radius 2 is 1.23 bits per heavy atom. The zero-order valence-electron chi connectivity index (χ0n) is 5.94. The van der Waals surface area contributed by atoms with Crippen LogP contribution >= 0.6 is 45.2 Å². The van der Waals surface area contributed by atoms with Crippen molar-refractivity contribution in [3.8, 4) is 0 Å². The predicted octanol–water partition coefficient (Wildman–Crippen LogP) is 0.174. The zero-order valence-corrected chi connectivity index (χ0v) is 11.9. The van der Waals surface area contributed by atoms with Crippen LogP contribution in [0.15, 0.2) is 0 Å². The molecule has 1 saturated heterocycles. The lowest BCUT2D eigenvalue weighted by Crippen LogP contribution is -2.34. The van der Waals surface area contributed by atoms with Gasteiger partial charge in [-0.05, 0) is 45.2 Å². The van der Waals surface area contributed by atoms with Crippen molar-refractivity contribution in [3.05, 3.63) is 0 Å². The second-order valence-corrected chi connectivity index (χ2v) is 14.0. The molecular weight excluding hydrogens is 450 g/mol. The maximum Gasteiger partial charge on any atom is 0.321 e. The van der Waals surface area contributed by atoms with Crippen LogP contribution in [0.2, 0.25) is 0 Å². The highest BCUT2D eigenvalue weighted by molar-refractivity contribution is 14.2. The Kier molecular flexibility index (Phi) is 3.51. The van der Waals surface area contributed by atoms with E-state index in [4.69, 9.17) is 0 Å². The van der Waals surface area contributed by atoms with Crippen LogP contribution in [0.1, 0.15) is 0 Å². The largest absolute Gasteiger partial charge is 0.321 e. The van der Waals surface area contributed by atoms with Crippen LogP contribution in [-0.4, -0.2) is 30.1 Å². The summed E-state index contributed by atoms with van der Waals surface area (Å²) in [5.74, 6) is 0. The maximum atomic E-state index is 11.2. The summed E-state index contributed by atoms with van der Waals surface area (Å²) in [4.78, 5) is 0. The molecule has 1 aliphatic heterocycles. The molecule has 0 aliphatic carbocycles. The molecule has 0 aromatic carbocycles. The van der Waals surface area contributed by atoms with Gasteiger partial charge in [-0.2, -0.15) is 16.8 Å². The summed E-state index contributed by atoms with van der Waals surface area (Å²) in [5, 5.41) is 0. The van der Waals surface area contributed by atoms with Gasteiger partial charge in [0, 0.05) is 0 Å². The molecule has 0 amide bonds. The van der Waals surface area contributed by atoms with Gasteiger partial charge in [0.05, 0.1) is 13.2 Å². The first-order valence-corrected chi connectivity index (χ1v) is 7.84. The van der Waals surface area contributed by atoms with Crippen molar-refractivity contribution in [1.29, 1.82) is 0 Å². The minimum atomic E-state index is -4.14. The lowest BCUT2D eigenvalue weighted by atomic mass is 10.8. The summed E-state index contributed by atoms with van der Waals surface area (Å²) in [6.07, 6.45) is 0. The summed E-state index contributed by atoms with van der Waals surface area (Å²) < 4.78 is 51.7. The van der Waals surface area contributed by atoms with E-state index < -0.39 is 20.3 Å². The SMILES string of the molecule is O=S1(=O)OCCOS(=O)(=O)C1(I)I. The molecule has 13 heavy (non-hydrogen) atoms. The van der Waals surface area contributed by atoms with Gasteiger partial charge in [-0.1, -0.05) is 0 Å². The highest BCUT2D eigenvalue weighted by atomic mass is 127. The van der Waals surface area contributed by atoms with Crippen LogP contribution in [0, 0.1) is 0 Å². The summed E-state index contributed by atoms with van der Waals surface area (Å²) in [7, 11) is -8.29. The smallest absolute Gasteiger partial charge is 0.265 e. The highest BCUT2D eigenvalue weighted by Gasteiger charge is 2.54. The van der Waals surface area contributed by atoms with Crippen molar-refractivity contribution in [2.75, 3.05) is 13.2 Å². The van der Waals surface area contributed by atoms with Gasteiger partial charge in [0.25, 0.3) is 0 Å². The maximum absolute atomic E-state index is 11.2. The third-order valence-electron chi connectivity index (χ3n) is 1.14. The van der Waals surface area contributed by atoms with E-state index in [-0.39, 0.29) is 13.2 Å². The molecule has 0 spiro atoms. The first-order chi connectivity index (χ1) is 5.71. The van der Waals surface area contributed by atoms with E-state index in [1.54, 1.807) is 0 Å². The van der Waals surface area contributed by atoms with E-state index in [1.807, 2.05) is 0 Å². The monoisotopic (exact) mass is 454 g/mol. The molecule has 0 N–H and O–H groups in total. The van der Waals surface area contributed by atoms with Gasteiger partial charge < -0.3 is 0 Å². The second kappa shape index (κ2) is 3.70. The fraction of sp³-hybridized carbons (Fsp3) is 1.00. The normalized spacial score (nSPS) is 30.6. The quantitative estimate of drug-likeness (QED) is 0.295. The number of hydrogen-bond acceptors (Lipinski definition) is 6. The second-order valence-electron chi connectivity index (χ2n) is 2.02. The summed E-state index contributed by atoms with van der Waals surface area (Å²) >= 11 is 2.52. The average molecular weight is 454 g/mol. The number of alkyl halides is 2. The van der Waals surface area contributed by atoms with E-state index >= 15 is 0 Å². The molecule has 78 valence electrons. The number of hydrogen-bond donors (Lipinski definition) is 0. The predicted molar refractivity (Wildman–Crippen MR) is 60.5 cm³/mol. The molecule has 0 radical (unpaired) electrons. The van der Waals surface area contributed by atoms with E-state index in [0.717, 1.165) is 0 Å². The first kappa shape index (κ1) is 12.4. The van der Waals surface area contributed by atoms with E-state index in [9.17, 15) is 16.8 Å². The van der Waals surface area contributed by atoms with Crippen molar-refractivity contribution in [3.63, 3.8) is 0 Å². The standard InChI is InChI=1S/C3H4I2O6S2/c4-3(5)12(6,7)10-1-2-11-13(3,8)9/h1-2H2. The Morgan fingerprint density at radius 3 is 1.54 bits per heavy atom. The fourth-order valence-corrected chi connectivity index (χ4v) is 4.21. The molecule has 0 unspecified atom stereocenters. The number of halogens is 2. The third kappa shape index (κ3) is 2.11.